The molecule has 0 aliphatic heterocycles. The van der Waals surface area contributed by atoms with E-state index < -0.39 is 4.92 Å². The van der Waals surface area contributed by atoms with Gasteiger partial charge in [0.1, 0.15) is 4.60 Å². The molecule has 0 bridgehead atoms. The van der Waals surface area contributed by atoms with E-state index >= 15 is 0 Å². The fraction of sp³-hybridized carbons (Fsp3) is 0.158. The number of aromatic nitrogens is 6. The van der Waals surface area contributed by atoms with Crippen molar-refractivity contribution in [2.75, 3.05) is 0 Å². The van der Waals surface area contributed by atoms with E-state index in [2.05, 4.69) is 49.4 Å². The summed E-state index contributed by atoms with van der Waals surface area (Å²) in [4.78, 5) is 11.8. The maximum Gasteiger partial charge on any atom is 0.269 e. The lowest BCUT2D eigenvalue weighted by molar-refractivity contribution is -0.384. The molecule has 2 aromatic carbocycles. The van der Waals surface area contributed by atoms with E-state index in [4.69, 9.17) is 0 Å². The first-order valence-corrected chi connectivity index (χ1v) is 9.69. The van der Waals surface area contributed by atoms with Gasteiger partial charge in [0.25, 0.3) is 5.69 Å². The van der Waals surface area contributed by atoms with Gasteiger partial charge in [0.05, 0.1) is 28.9 Å². The first kappa shape index (κ1) is 18.9. The molecule has 0 unspecified atom stereocenters. The van der Waals surface area contributed by atoms with Gasteiger partial charge in [-0.3, -0.25) is 10.1 Å². The summed E-state index contributed by atoms with van der Waals surface area (Å²) in [6.07, 6.45) is 2.59. The van der Waals surface area contributed by atoms with Crippen molar-refractivity contribution < 1.29 is 4.92 Å². The second-order valence-electron chi connectivity index (χ2n) is 6.31. The van der Waals surface area contributed by atoms with Crippen molar-refractivity contribution >= 4 is 21.6 Å². The molecule has 0 atom stereocenters. The third-order valence-corrected chi connectivity index (χ3v) is 5.24. The summed E-state index contributed by atoms with van der Waals surface area (Å²) in [5.41, 5.74) is 3.78. The summed E-state index contributed by atoms with van der Waals surface area (Å²) >= 11 is 3.61. The van der Waals surface area contributed by atoms with Crippen LogP contribution in [-0.4, -0.2) is 34.9 Å². The first-order chi connectivity index (χ1) is 14.1. The molecule has 0 saturated heterocycles. The molecule has 0 aliphatic rings. The second-order valence-corrected chi connectivity index (χ2v) is 7.06. The van der Waals surface area contributed by atoms with Crippen LogP contribution in [0.25, 0.3) is 17.1 Å². The number of hydrogen-bond donors (Lipinski definition) is 0. The molecule has 0 fully saturated rings. The molecule has 0 saturated carbocycles. The fourth-order valence-electron chi connectivity index (χ4n) is 2.97. The van der Waals surface area contributed by atoms with Crippen LogP contribution in [0, 0.1) is 10.1 Å². The Balaban J connectivity index is 1.58. The lowest BCUT2D eigenvalue weighted by atomic mass is 10.1. The minimum Gasteiger partial charge on any atom is -0.258 e. The number of aryl methyl sites for hydroxylation is 1. The lowest BCUT2D eigenvalue weighted by Crippen LogP contribution is -2.04. The average molecular weight is 454 g/mol. The standard InChI is InChI=1S/C19H16BrN7O2/c1-2-14-5-3-4-6-17(14)26-18(20)16(11-21-26)19-22-24-25(23-19)12-13-7-9-15(10-8-13)27(28)29/h3-11H,2,12H2,1H3. The van der Waals surface area contributed by atoms with E-state index in [0.29, 0.717) is 12.4 Å². The van der Waals surface area contributed by atoms with Gasteiger partial charge < -0.3 is 0 Å². The van der Waals surface area contributed by atoms with Crippen molar-refractivity contribution in [1.29, 1.82) is 0 Å². The van der Waals surface area contributed by atoms with E-state index in [0.717, 1.165) is 27.8 Å². The molecule has 0 N–H and O–H groups in total. The van der Waals surface area contributed by atoms with Gasteiger partial charge in [-0.1, -0.05) is 37.3 Å². The van der Waals surface area contributed by atoms with Crippen LogP contribution in [0.5, 0.6) is 0 Å². The zero-order valence-electron chi connectivity index (χ0n) is 15.4. The van der Waals surface area contributed by atoms with Crippen LogP contribution in [0.4, 0.5) is 5.69 Å². The third kappa shape index (κ3) is 3.79. The van der Waals surface area contributed by atoms with Crippen LogP contribution in [0.1, 0.15) is 18.1 Å². The second kappa shape index (κ2) is 7.92. The number of benzene rings is 2. The van der Waals surface area contributed by atoms with E-state index in [1.54, 1.807) is 18.3 Å². The van der Waals surface area contributed by atoms with Gasteiger partial charge in [0.15, 0.2) is 0 Å². The molecular weight excluding hydrogens is 438 g/mol. The maximum absolute atomic E-state index is 10.8. The van der Waals surface area contributed by atoms with Crippen LogP contribution in [0.15, 0.2) is 59.3 Å². The summed E-state index contributed by atoms with van der Waals surface area (Å²) in [7, 11) is 0. The monoisotopic (exact) mass is 453 g/mol. The highest BCUT2D eigenvalue weighted by Gasteiger charge is 2.17. The summed E-state index contributed by atoms with van der Waals surface area (Å²) in [5.74, 6) is 0.444. The Morgan fingerprint density at radius 1 is 1.14 bits per heavy atom. The number of nitrogens with zero attached hydrogens (tertiary/aromatic N) is 7. The summed E-state index contributed by atoms with van der Waals surface area (Å²) < 4.78 is 2.55. The molecule has 146 valence electrons. The Bertz CT molecular complexity index is 1170. The summed E-state index contributed by atoms with van der Waals surface area (Å²) in [5, 5.41) is 27.9. The lowest BCUT2D eigenvalue weighted by Gasteiger charge is -2.08. The Hall–Kier alpha value is -3.40. The quantitative estimate of drug-likeness (QED) is 0.324. The molecular formula is C19H16BrN7O2. The van der Waals surface area contributed by atoms with Gasteiger partial charge in [-0.15, -0.1) is 10.2 Å². The van der Waals surface area contributed by atoms with Crippen LogP contribution in [-0.2, 0) is 13.0 Å². The van der Waals surface area contributed by atoms with Gasteiger partial charge in [-0.2, -0.15) is 9.90 Å². The van der Waals surface area contributed by atoms with E-state index in [1.807, 2.05) is 22.9 Å². The van der Waals surface area contributed by atoms with Crippen LogP contribution in [0.2, 0.25) is 0 Å². The molecule has 0 aliphatic carbocycles. The number of rotatable bonds is 6. The van der Waals surface area contributed by atoms with Crippen molar-refractivity contribution in [2.45, 2.75) is 19.9 Å². The zero-order chi connectivity index (χ0) is 20.4. The number of hydrogen-bond acceptors (Lipinski definition) is 6. The van der Waals surface area contributed by atoms with E-state index in [9.17, 15) is 10.1 Å². The topological polar surface area (TPSA) is 105 Å². The predicted molar refractivity (Wildman–Crippen MR) is 110 cm³/mol. The highest BCUT2D eigenvalue weighted by molar-refractivity contribution is 9.10. The molecule has 0 radical (unpaired) electrons. The Labute approximate surface area is 174 Å². The van der Waals surface area contributed by atoms with Crippen molar-refractivity contribution in [3.05, 3.63) is 80.6 Å². The van der Waals surface area contributed by atoms with Gasteiger partial charge >= 0.3 is 0 Å². The minimum atomic E-state index is -0.429. The Morgan fingerprint density at radius 3 is 2.62 bits per heavy atom. The molecule has 29 heavy (non-hydrogen) atoms. The number of para-hydroxylation sites is 1. The molecule has 2 heterocycles. The predicted octanol–water partition coefficient (Wildman–Crippen LogP) is 3.81. The normalized spacial score (nSPS) is 11.0. The van der Waals surface area contributed by atoms with Gasteiger partial charge in [0, 0.05) is 12.1 Å². The fourth-order valence-corrected chi connectivity index (χ4v) is 3.53. The molecule has 4 rings (SSSR count). The van der Waals surface area contributed by atoms with E-state index in [-0.39, 0.29) is 5.69 Å². The largest absolute Gasteiger partial charge is 0.269 e. The van der Waals surface area contributed by atoms with Crippen molar-refractivity contribution in [2.24, 2.45) is 0 Å². The molecule has 10 heteroatoms. The van der Waals surface area contributed by atoms with Crippen LogP contribution in [0.3, 0.4) is 0 Å². The van der Waals surface area contributed by atoms with Gasteiger partial charge in [-0.25, -0.2) is 4.68 Å². The molecule has 0 amide bonds. The molecule has 0 spiro atoms. The number of tetrazole rings is 1. The van der Waals surface area contributed by atoms with E-state index in [1.165, 1.54) is 22.5 Å². The number of nitro benzene ring substituents is 1. The maximum atomic E-state index is 10.8. The van der Waals surface area contributed by atoms with Crippen LogP contribution >= 0.6 is 15.9 Å². The average Bonchev–Trinajstić information content (AvgIpc) is 3.34. The molecule has 4 aromatic rings. The minimum absolute atomic E-state index is 0.0460. The number of non-ortho nitro benzene ring substituents is 1. The molecule has 2 aromatic heterocycles. The summed E-state index contributed by atoms with van der Waals surface area (Å²) in [6.45, 7) is 2.46. The van der Waals surface area contributed by atoms with Crippen molar-refractivity contribution in [1.82, 2.24) is 30.0 Å². The molecule has 9 nitrogen and oxygen atoms in total. The third-order valence-electron chi connectivity index (χ3n) is 4.48. The van der Waals surface area contributed by atoms with Crippen molar-refractivity contribution in [3.8, 4) is 17.1 Å². The summed E-state index contributed by atoms with van der Waals surface area (Å²) in [6, 6.07) is 14.3. The Kier molecular flexibility index (Phi) is 5.17. The highest BCUT2D eigenvalue weighted by Crippen LogP contribution is 2.28. The van der Waals surface area contributed by atoms with Gasteiger partial charge in [-0.05, 0) is 44.8 Å². The number of halogens is 1. The first-order valence-electron chi connectivity index (χ1n) is 8.90. The smallest absolute Gasteiger partial charge is 0.258 e. The highest BCUT2D eigenvalue weighted by atomic mass is 79.9. The van der Waals surface area contributed by atoms with Gasteiger partial charge in [0.2, 0.25) is 5.82 Å². The van der Waals surface area contributed by atoms with Crippen molar-refractivity contribution in [3.63, 3.8) is 0 Å². The van der Waals surface area contributed by atoms with Crippen LogP contribution < -0.4 is 0 Å². The Morgan fingerprint density at radius 2 is 1.90 bits per heavy atom. The SMILES string of the molecule is CCc1ccccc1-n1ncc(-c2nnn(Cc3ccc([N+](=O)[O-])cc3)n2)c1Br. The number of nitro groups is 1. The zero-order valence-corrected chi connectivity index (χ0v) is 17.0.